The van der Waals surface area contributed by atoms with Crippen molar-refractivity contribution in [1.29, 1.82) is 0 Å². The maximum atomic E-state index is 13.1. The number of carbonyl (C=O) groups excluding carboxylic acids is 4. The van der Waals surface area contributed by atoms with Crippen molar-refractivity contribution in [2.45, 2.75) is 406 Å². The predicted octanol–water partition coefficient (Wildman–Crippen LogP) is 22.0. The molecule has 0 aromatic rings. The average Bonchev–Trinajstić information content (AvgIpc) is 1.22. The summed E-state index contributed by atoms with van der Waals surface area (Å²) >= 11 is 0. The summed E-state index contributed by atoms with van der Waals surface area (Å²) < 4.78 is 68.5. The highest BCUT2D eigenvalue weighted by Crippen LogP contribution is 2.45. The second-order valence-corrected chi connectivity index (χ2v) is 29.6. The lowest BCUT2D eigenvalue weighted by atomic mass is 10.0. The van der Waals surface area contributed by atoms with Crippen LogP contribution in [0, 0.1) is 0 Å². The molecule has 0 aliphatic carbocycles. The first kappa shape index (κ1) is 91.8. The average molecular weight is 1380 g/mol. The van der Waals surface area contributed by atoms with Crippen LogP contribution < -0.4 is 0 Å². The van der Waals surface area contributed by atoms with Gasteiger partial charge in [0.05, 0.1) is 26.4 Å². The van der Waals surface area contributed by atoms with E-state index in [1.807, 2.05) is 0 Å². The van der Waals surface area contributed by atoms with Gasteiger partial charge in [0.1, 0.15) is 19.3 Å². The molecule has 94 heavy (non-hydrogen) atoms. The van der Waals surface area contributed by atoms with Crippen LogP contribution in [0.5, 0.6) is 0 Å². The highest BCUT2D eigenvalue weighted by molar-refractivity contribution is 7.47. The first-order valence-electron chi connectivity index (χ1n) is 38.9. The predicted molar refractivity (Wildman–Crippen MR) is 382 cm³/mol. The van der Waals surface area contributed by atoms with Crippen molar-refractivity contribution in [3.8, 4) is 0 Å². The topological polar surface area (TPSA) is 237 Å². The SMILES string of the molecule is CCCCCC/C=C\CCCCCCCC(=O)OCC(COP(=O)(O)OCC(O)COP(=O)(O)OCC(COC(=O)CCCCCCCCCCCCCCCCC)OC(=O)CCCCCCCCCCCCCCCCC)OC(=O)CCCCCCCCCCCCC. The summed E-state index contributed by atoms with van der Waals surface area (Å²) in [5.74, 6) is -2.13. The van der Waals surface area contributed by atoms with Crippen LogP contribution in [-0.4, -0.2) is 96.7 Å². The molecule has 0 heterocycles. The van der Waals surface area contributed by atoms with E-state index in [-0.39, 0.29) is 25.7 Å². The van der Waals surface area contributed by atoms with Gasteiger partial charge < -0.3 is 33.8 Å². The van der Waals surface area contributed by atoms with E-state index in [1.54, 1.807) is 0 Å². The fourth-order valence-corrected chi connectivity index (χ4v) is 12.9. The Bertz CT molecular complexity index is 1840. The van der Waals surface area contributed by atoms with Gasteiger partial charge in [0.25, 0.3) is 0 Å². The summed E-state index contributed by atoms with van der Waals surface area (Å²) in [6.07, 6.45) is 60.5. The number of esters is 4. The number of aliphatic hydroxyl groups excluding tert-OH is 1. The van der Waals surface area contributed by atoms with E-state index in [1.165, 1.54) is 199 Å². The van der Waals surface area contributed by atoms with Crippen LogP contribution in [0.25, 0.3) is 0 Å². The summed E-state index contributed by atoms with van der Waals surface area (Å²) in [5.41, 5.74) is 0. The molecule has 3 N–H and O–H groups in total. The summed E-state index contributed by atoms with van der Waals surface area (Å²) in [4.78, 5) is 72.8. The highest BCUT2D eigenvalue weighted by atomic mass is 31.2. The quantitative estimate of drug-likeness (QED) is 0.0169. The molecule has 0 aliphatic rings. The number of phosphoric ester groups is 2. The van der Waals surface area contributed by atoms with Crippen molar-refractivity contribution < 1.29 is 80.2 Å². The summed E-state index contributed by atoms with van der Waals surface area (Å²) in [5, 5.41) is 10.6. The van der Waals surface area contributed by atoms with E-state index in [4.69, 9.17) is 37.0 Å². The Balaban J connectivity index is 5.26. The number of allylic oxidation sites excluding steroid dienone is 2. The van der Waals surface area contributed by atoms with E-state index in [2.05, 4.69) is 39.8 Å². The Morgan fingerprint density at radius 3 is 0.745 bits per heavy atom. The Hall–Kier alpha value is -2.20. The third kappa shape index (κ3) is 68.3. The van der Waals surface area contributed by atoms with E-state index in [0.717, 1.165) is 109 Å². The standard InChI is InChI=1S/C75H144O17P2/c1-5-9-13-17-21-25-29-32-34-37-41-44-48-52-56-60-73(78)86-66-71(92-75(80)62-58-54-50-46-42-38-35-33-30-26-22-18-14-10-6-2)68-90-94(83,84)88-64-69(76)63-87-93(81,82)89-67-70(91-74(79)61-57-53-49-45-39-28-24-20-16-12-8-4)65-85-72(77)59-55-51-47-43-40-36-31-27-23-19-15-11-7-3/h27,31,69-71,76H,5-26,28-30,32-68H2,1-4H3,(H,81,82)(H,83,84)/b31-27-. The Morgan fingerprint density at radius 1 is 0.287 bits per heavy atom. The molecule has 0 amide bonds. The number of rotatable bonds is 75. The first-order chi connectivity index (χ1) is 45.7. The molecule has 0 rings (SSSR count). The smallest absolute Gasteiger partial charge is 0.462 e. The zero-order valence-electron chi connectivity index (χ0n) is 60.7. The minimum Gasteiger partial charge on any atom is -0.462 e. The Morgan fingerprint density at radius 2 is 0.489 bits per heavy atom. The van der Waals surface area contributed by atoms with Crippen LogP contribution in [0.2, 0.25) is 0 Å². The Kier molecular flexibility index (Phi) is 67.7. The summed E-state index contributed by atoms with van der Waals surface area (Å²) in [7, 11) is -9.91. The van der Waals surface area contributed by atoms with Gasteiger partial charge in [-0.1, -0.05) is 322 Å². The van der Waals surface area contributed by atoms with Gasteiger partial charge in [0.2, 0.25) is 0 Å². The van der Waals surface area contributed by atoms with Crippen LogP contribution in [0.3, 0.4) is 0 Å². The van der Waals surface area contributed by atoms with Crippen molar-refractivity contribution in [1.82, 2.24) is 0 Å². The molecule has 17 nitrogen and oxygen atoms in total. The molecule has 0 radical (unpaired) electrons. The molecular weight excluding hydrogens is 1230 g/mol. The monoisotopic (exact) mass is 1380 g/mol. The molecule has 0 saturated heterocycles. The lowest BCUT2D eigenvalue weighted by Crippen LogP contribution is -2.30. The Labute approximate surface area is 574 Å². The van der Waals surface area contributed by atoms with Gasteiger partial charge in [-0.05, 0) is 51.4 Å². The molecule has 5 atom stereocenters. The maximum absolute atomic E-state index is 13.1. The molecular formula is C75H144O17P2. The van der Waals surface area contributed by atoms with E-state index >= 15 is 0 Å². The number of aliphatic hydroxyl groups is 1. The largest absolute Gasteiger partial charge is 0.472 e. The number of hydrogen-bond donors (Lipinski definition) is 3. The highest BCUT2D eigenvalue weighted by Gasteiger charge is 2.30. The van der Waals surface area contributed by atoms with Gasteiger partial charge >= 0.3 is 39.5 Å². The van der Waals surface area contributed by atoms with Gasteiger partial charge in [0, 0.05) is 25.7 Å². The fourth-order valence-electron chi connectivity index (χ4n) is 11.3. The van der Waals surface area contributed by atoms with Gasteiger partial charge in [0.15, 0.2) is 12.2 Å². The van der Waals surface area contributed by atoms with Crippen molar-refractivity contribution in [3.05, 3.63) is 12.2 Å². The fraction of sp³-hybridized carbons (Fsp3) is 0.920. The van der Waals surface area contributed by atoms with Crippen LogP contribution in [-0.2, 0) is 65.4 Å². The van der Waals surface area contributed by atoms with Crippen LogP contribution >= 0.6 is 15.6 Å². The number of carbonyl (C=O) groups is 4. The van der Waals surface area contributed by atoms with Gasteiger partial charge in [-0.25, -0.2) is 9.13 Å². The second-order valence-electron chi connectivity index (χ2n) is 26.7. The number of hydrogen-bond acceptors (Lipinski definition) is 15. The lowest BCUT2D eigenvalue weighted by molar-refractivity contribution is -0.161. The van der Waals surface area contributed by atoms with E-state index in [0.29, 0.717) is 25.7 Å². The molecule has 0 aliphatic heterocycles. The molecule has 0 bridgehead atoms. The maximum Gasteiger partial charge on any atom is 0.472 e. The van der Waals surface area contributed by atoms with Crippen LogP contribution in [0.15, 0.2) is 12.2 Å². The van der Waals surface area contributed by atoms with Gasteiger partial charge in [-0.15, -0.1) is 0 Å². The molecule has 556 valence electrons. The van der Waals surface area contributed by atoms with Crippen LogP contribution in [0.1, 0.15) is 387 Å². The van der Waals surface area contributed by atoms with Crippen molar-refractivity contribution in [2.75, 3.05) is 39.6 Å². The van der Waals surface area contributed by atoms with Gasteiger partial charge in [-0.2, -0.15) is 0 Å². The zero-order valence-corrected chi connectivity index (χ0v) is 62.5. The van der Waals surface area contributed by atoms with Crippen molar-refractivity contribution in [3.63, 3.8) is 0 Å². The molecule has 0 aromatic heterocycles. The zero-order chi connectivity index (χ0) is 69.0. The third-order valence-corrected chi connectivity index (χ3v) is 19.2. The normalized spacial score (nSPS) is 14.0. The first-order valence-corrected chi connectivity index (χ1v) is 41.9. The minimum atomic E-state index is -4.96. The number of unbranched alkanes of at least 4 members (excludes halogenated alkanes) is 47. The number of ether oxygens (including phenoxy) is 4. The molecule has 0 fully saturated rings. The summed E-state index contributed by atoms with van der Waals surface area (Å²) in [6.45, 7) is 4.95. The molecule has 0 saturated carbocycles. The molecule has 0 spiro atoms. The molecule has 19 heteroatoms. The molecule has 5 unspecified atom stereocenters. The van der Waals surface area contributed by atoms with Gasteiger partial charge in [-0.3, -0.25) is 37.3 Å². The van der Waals surface area contributed by atoms with Crippen molar-refractivity contribution >= 4 is 39.5 Å². The third-order valence-electron chi connectivity index (χ3n) is 17.3. The van der Waals surface area contributed by atoms with E-state index < -0.39 is 97.5 Å². The lowest BCUT2D eigenvalue weighted by Gasteiger charge is -2.21. The van der Waals surface area contributed by atoms with E-state index in [9.17, 15) is 43.2 Å². The summed E-state index contributed by atoms with van der Waals surface area (Å²) in [6, 6.07) is 0. The van der Waals surface area contributed by atoms with Crippen molar-refractivity contribution in [2.24, 2.45) is 0 Å². The minimum absolute atomic E-state index is 0.104. The van der Waals surface area contributed by atoms with Crippen LogP contribution in [0.4, 0.5) is 0 Å². The second kappa shape index (κ2) is 69.3. The number of phosphoric acid groups is 2. The molecule has 0 aromatic carbocycles.